The molecular formula is C10H12N2O3. The topological polar surface area (TPSA) is 72.2 Å². The van der Waals surface area contributed by atoms with E-state index in [1.807, 2.05) is 13.2 Å². The van der Waals surface area contributed by atoms with E-state index in [2.05, 4.69) is 5.10 Å². The van der Waals surface area contributed by atoms with Gasteiger partial charge in [-0.2, -0.15) is 5.10 Å². The van der Waals surface area contributed by atoms with Gasteiger partial charge in [-0.15, -0.1) is 0 Å². The minimum Gasteiger partial charge on any atom is -0.481 e. The van der Waals surface area contributed by atoms with Crippen molar-refractivity contribution in [2.24, 2.45) is 13.0 Å². The second kappa shape index (κ2) is 3.49. The van der Waals surface area contributed by atoms with E-state index in [-0.39, 0.29) is 24.0 Å². The summed E-state index contributed by atoms with van der Waals surface area (Å²) < 4.78 is 1.69. The summed E-state index contributed by atoms with van der Waals surface area (Å²) in [7, 11) is 1.82. The van der Waals surface area contributed by atoms with E-state index in [0.717, 1.165) is 12.0 Å². The van der Waals surface area contributed by atoms with E-state index < -0.39 is 5.97 Å². The predicted octanol–water partition coefficient (Wildman–Crippen LogP) is 0.567. The molecule has 0 amide bonds. The third-order valence-corrected chi connectivity index (χ3v) is 2.68. The maximum absolute atomic E-state index is 11.4. The molecule has 0 bridgehead atoms. The summed E-state index contributed by atoms with van der Waals surface area (Å²) in [6.45, 7) is 0. The highest BCUT2D eigenvalue weighted by atomic mass is 16.4. The Morgan fingerprint density at radius 3 is 2.93 bits per heavy atom. The number of aliphatic carboxylic acids is 1. The molecule has 80 valence electrons. The number of carboxylic acids is 1. The Balaban J connectivity index is 1.96. The van der Waals surface area contributed by atoms with Crippen molar-refractivity contribution in [1.29, 1.82) is 0 Å². The second-order valence-corrected chi connectivity index (χ2v) is 3.93. The van der Waals surface area contributed by atoms with Gasteiger partial charge in [0, 0.05) is 19.2 Å². The molecule has 2 rings (SSSR count). The minimum absolute atomic E-state index is 0.106. The van der Waals surface area contributed by atoms with Crippen molar-refractivity contribution >= 4 is 11.8 Å². The molecule has 0 aliphatic heterocycles. The lowest BCUT2D eigenvalue weighted by Gasteiger charge is -1.94. The molecule has 0 spiro atoms. The number of aromatic nitrogens is 2. The first-order valence-electron chi connectivity index (χ1n) is 4.81. The van der Waals surface area contributed by atoms with Crippen LogP contribution in [0, 0.1) is 5.92 Å². The van der Waals surface area contributed by atoms with Crippen LogP contribution in [-0.4, -0.2) is 26.6 Å². The van der Waals surface area contributed by atoms with Crippen molar-refractivity contribution < 1.29 is 14.7 Å². The first kappa shape index (κ1) is 9.89. The Labute approximate surface area is 86.7 Å². The minimum atomic E-state index is -1.04. The molecule has 1 aromatic rings. The number of Topliss-reactive ketones (excluding diaryl/α,β-unsaturated/α-hetero) is 1. The number of carbonyl (C=O) groups excluding carboxylic acids is 1. The molecule has 0 aromatic carbocycles. The van der Waals surface area contributed by atoms with Gasteiger partial charge in [-0.05, 0) is 17.9 Å². The molecular weight excluding hydrogens is 196 g/mol. The molecule has 1 saturated carbocycles. The van der Waals surface area contributed by atoms with Gasteiger partial charge < -0.3 is 5.11 Å². The van der Waals surface area contributed by atoms with Gasteiger partial charge in [-0.3, -0.25) is 14.3 Å². The van der Waals surface area contributed by atoms with E-state index in [0.29, 0.717) is 0 Å². The summed E-state index contributed by atoms with van der Waals surface area (Å²) in [5, 5.41) is 12.5. The van der Waals surface area contributed by atoms with Crippen LogP contribution in [0.15, 0.2) is 12.4 Å². The van der Waals surface area contributed by atoms with E-state index in [9.17, 15) is 9.59 Å². The number of aryl methyl sites for hydroxylation is 1. The first-order chi connectivity index (χ1) is 7.08. The lowest BCUT2D eigenvalue weighted by molar-refractivity contribution is -0.140. The van der Waals surface area contributed by atoms with Crippen molar-refractivity contribution in [3.05, 3.63) is 18.0 Å². The average Bonchev–Trinajstić information content (AvgIpc) is 2.82. The lowest BCUT2D eigenvalue weighted by Crippen LogP contribution is -2.09. The quantitative estimate of drug-likeness (QED) is 0.734. The van der Waals surface area contributed by atoms with Crippen LogP contribution in [0.5, 0.6) is 0 Å². The van der Waals surface area contributed by atoms with E-state index >= 15 is 0 Å². The van der Waals surface area contributed by atoms with E-state index in [4.69, 9.17) is 5.11 Å². The molecule has 1 heterocycles. The summed E-state index contributed by atoms with van der Waals surface area (Å²) in [6, 6.07) is 0. The van der Waals surface area contributed by atoms with E-state index in [1.54, 1.807) is 10.9 Å². The molecule has 1 fully saturated rings. The summed E-state index contributed by atoms with van der Waals surface area (Å²) >= 11 is 0. The van der Waals surface area contributed by atoms with Crippen LogP contribution in [0.1, 0.15) is 24.3 Å². The maximum Gasteiger partial charge on any atom is 0.310 e. The highest BCUT2D eigenvalue weighted by Gasteiger charge is 2.44. The maximum atomic E-state index is 11.4. The number of rotatable bonds is 4. The Morgan fingerprint density at radius 2 is 2.40 bits per heavy atom. The van der Waals surface area contributed by atoms with Crippen molar-refractivity contribution in [2.45, 2.75) is 18.8 Å². The number of nitrogens with zero attached hydrogens (tertiary/aromatic N) is 2. The van der Waals surface area contributed by atoms with Gasteiger partial charge in [0.05, 0.1) is 6.20 Å². The molecule has 1 aromatic heterocycles. The van der Waals surface area contributed by atoms with Crippen molar-refractivity contribution in [2.75, 3.05) is 0 Å². The van der Waals surface area contributed by atoms with Crippen LogP contribution in [0.4, 0.5) is 0 Å². The zero-order valence-corrected chi connectivity index (χ0v) is 8.38. The zero-order chi connectivity index (χ0) is 11.0. The molecule has 5 nitrogen and oxygen atoms in total. The highest BCUT2D eigenvalue weighted by molar-refractivity contribution is 5.97. The number of carbonyl (C=O) groups is 2. The summed E-state index contributed by atoms with van der Waals surface area (Å²) in [5.74, 6) is -1.14. The molecule has 1 N–H and O–H groups in total. The van der Waals surface area contributed by atoms with Gasteiger partial charge in [0.15, 0.2) is 0 Å². The summed E-state index contributed by atoms with van der Waals surface area (Å²) in [5.41, 5.74) is 1.03. The fourth-order valence-electron chi connectivity index (χ4n) is 1.83. The highest BCUT2D eigenvalue weighted by Crippen LogP contribution is 2.48. The third-order valence-electron chi connectivity index (χ3n) is 2.68. The van der Waals surface area contributed by atoms with Crippen LogP contribution >= 0.6 is 0 Å². The molecule has 0 unspecified atom stereocenters. The summed E-state index contributed by atoms with van der Waals surface area (Å²) in [6.07, 6.45) is 4.01. The fourth-order valence-corrected chi connectivity index (χ4v) is 1.83. The zero-order valence-electron chi connectivity index (χ0n) is 8.38. The first-order valence-corrected chi connectivity index (χ1v) is 4.81. The van der Waals surface area contributed by atoms with Crippen molar-refractivity contribution in [1.82, 2.24) is 9.78 Å². The number of ketones is 1. The van der Waals surface area contributed by atoms with Gasteiger partial charge in [-0.1, -0.05) is 0 Å². The van der Waals surface area contributed by atoms with Gasteiger partial charge >= 0.3 is 5.97 Å². The van der Waals surface area contributed by atoms with Crippen LogP contribution in [0.25, 0.3) is 0 Å². The molecule has 5 heteroatoms. The van der Waals surface area contributed by atoms with E-state index in [1.165, 1.54) is 0 Å². The Morgan fingerprint density at radius 1 is 1.67 bits per heavy atom. The Bertz CT molecular complexity index is 411. The van der Waals surface area contributed by atoms with Gasteiger partial charge in [-0.25, -0.2) is 0 Å². The molecule has 0 radical (unpaired) electrons. The molecule has 1 aliphatic rings. The van der Waals surface area contributed by atoms with Crippen LogP contribution < -0.4 is 0 Å². The largest absolute Gasteiger partial charge is 0.481 e. The predicted molar refractivity (Wildman–Crippen MR) is 51.3 cm³/mol. The number of hydrogen-bond donors (Lipinski definition) is 1. The summed E-state index contributed by atoms with van der Waals surface area (Å²) in [4.78, 5) is 21.8. The standard InChI is InChI=1S/C10H12N2O3/c1-12-5-6(4-11-12)7-2-8(7)9(13)3-10(14)15/h4-5,7-8H,2-3H2,1H3,(H,14,15)/t7-,8+/m0/s1. The van der Waals surface area contributed by atoms with Crippen LogP contribution in [0.3, 0.4) is 0 Å². The second-order valence-electron chi connectivity index (χ2n) is 3.93. The third kappa shape index (κ3) is 2.06. The Hall–Kier alpha value is -1.65. The number of carboxylic acid groups (broad SMARTS) is 1. The fraction of sp³-hybridized carbons (Fsp3) is 0.500. The Kier molecular flexibility index (Phi) is 2.30. The molecule has 2 atom stereocenters. The molecule has 15 heavy (non-hydrogen) atoms. The van der Waals surface area contributed by atoms with Gasteiger partial charge in [0.2, 0.25) is 0 Å². The normalized spacial score (nSPS) is 23.8. The lowest BCUT2D eigenvalue weighted by atomic mass is 10.1. The molecule has 0 saturated heterocycles. The smallest absolute Gasteiger partial charge is 0.310 e. The van der Waals surface area contributed by atoms with Gasteiger partial charge in [0.25, 0.3) is 0 Å². The van der Waals surface area contributed by atoms with Crippen molar-refractivity contribution in [3.63, 3.8) is 0 Å². The van der Waals surface area contributed by atoms with Crippen molar-refractivity contribution in [3.8, 4) is 0 Å². The monoisotopic (exact) mass is 208 g/mol. The van der Waals surface area contributed by atoms with Gasteiger partial charge in [0.1, 0.15) is 12.2 Å². The number of hydrogen-bond acceptors (Lipinski definition) is 3. The SMILES string of the molecule is Cn1cc([C@@H]2C[C@H]2C(=O)CC(=O)O)cn1. The molecule has 1 aliphatic carbocycles. The average molecular weight is 208 g/mol. The van der Waals surface area contributed by atoms with Crippen LogP contribution in [-0.2, 0) is 16.6 Å². The van der Waals surface area contributed by atoms with Crippen LogP contribution in [0.2, 0.25) is 0 Å².